The Kier molecular flexibility index (Phi) is 3.67. The van der Waals surface area contributed by atoms with E-state index in [4.69, 9.17) is 4.52 Å². The van der Waals surface area contributed by atoms with E-state index < -0.39 is 12.0 Å². The molecule has 0 radical (unpaired) electrons. The Hall–Kier alpha value is -2.16. The monoisotopic (exact) mass is 352 g/mol. The van der Waals surface area contributed by atoms with Crippen LogP contribution in [0.1, 0.15) is 36.3 Å². The van der Waals surface area contributed by atoms with Gasteiger partial charge in [0.05, 0.1) is 11.3 Å². The average Bonchev–Trinajstić information content (AvgIpc) is 3.30. The predicted molar refractivity (Wildman–Crippen MR) is 80.4 cm³/mol. The van der Waals surface area contributed by atoms with Gasteiger partial charge in [-0.05, 0) is 18.9 Å². The molecule has 0 amide bonds. The van der Waals surface area contributed by atoms with Crippen LogP contribution in [0.4, 0.5) is 13.2 Å². The van der Waals surface area contributed by atoms with Gasteiger partial charge in [0, 0.05) is 11.3 Å². The van der Waals surface area contributed by atoms with Gasteiger partial charge in [-0.1, -0.05) is 35.1 Å². The highest BCUT2D eigenvalue weighted by molar-refractivity contribution is 7.98. The Balaban J connectivity index is 1.63. The molecule has 9 heteroatoms. The lowest BCUT2D eigenvalue weighted by Gasteiger charge is -2.09. The number of benzene rings is 1. The lowest BCUT2D eigenvalue weighted by molar-refractivity contribution is -0.145. The van der Waals surface area contributed by atoms with Crippen LogP contribution in [0.15, 0.2) is 33.8 Å². The summed E-state index contributed by atoms with van der Waals surface area (Å²) in [5.41, 5.74) is 0.258. The molecule has 1 aromatic carbocycles. The summed E-state index contributed by atoms with van der Waals surface area (Å²) >= 11 is 1.14. The number of hydrogen-bond donors (Lipinski definition) is 0. The van der Waals surface area contributed by atoms with Crippen molar-refractivity contribution < 1.29 is 17.7 Å². The van der Waals surface area contributed by atoms with Gasteiger partial charge in [-0.15, -0.1) is 0 Å². The van der Waals surface area contributed by atoms with Crippen LogP contribution < -0.4 is 0 Å². The van der Waals surface area contributed by atoms with Crippen molar-refractivity contribution in [3.05, 3.63) is 41.8 Å². The first-order valence-electron chi connectivity index (χ1n) is 7.30. The summed E-state index contributed by atoms with van der Waals surface area (Å²) in [6.07, 6.45) is -2.51. The maximum atomic E-state index is 13.0. The molecular weight excluding hydrogens is 341 g/mol. The minimum Gasteiger partial charge on any atom is -0.339 e. The van der Waals surface area contributed by atoms with Crippen molar-refractivity contribution in [3.63, 3.8) is 0 Å². The van der Waals surface area contributed by atoms with Crippen molar-refractivity contribution in [2.45, 2.75) is 35.7 Å². The smallest absolute Gasteiger partial charge is 0.339 e. The zero-order valence-electron chi connectivity index (χ0n) is 12.2. The molecule has 1 aliphatic carbocycles. The van der Waals surface area contributed by atoms with E-state index in [1.54, 1.807) is 18.2 Å². The van der Waals surface area contributed by atoms with Crippen molar-refractivity contribution in [1.29, 1.82) is 0 Å². The molecule has 124 valence electrons. The maximum Gasteiger partial charge on any atom is 0.451 e. The summed E-state index contributed by atoms with van der Waals surface area (Å²) in [5, 5.41) is 4.70. The molecule has 0 spiro atoms. The summed E-state index contributed by atoms with van der Waals surface area (Å²) < 4.78 is 44.1. The predicted octanol–water partition coefficient (Wildman–Crippen LogP) is 4.20. The first-order valence-corrected chi connectivity index (χ1v) is 8.28. The molecule has 1 saturated carbocycles. The van der Waals surface area contributed by atoms with Gasteiger partial charge >= 0.3 is 6.18 Å². The quantitative estimate of drug-likeness (QED) is 0.518. The van der Waals surface area contributed by atoms with Gasteiger partial charge in [0.25, 0.3) is 0 Å². The van der Waals surface area contributed by atoms with Gasteiger partial charge in [0.1, 0.15) is 5.03 Å². The summed E-state index contributed by atoms with van der Waals surface area (Å²) in [6, 6.07) is 6.62. The number of halogens is 3. The first-order chi connectivity index (χ1) is 11.5. The lowest BCUT2D eigenvalue weighted by atomic mass is 10.2. The molecule has 0 unspecified atom stereocenters. The number of rotatable bonds is 4. The number of alkyl halides is 3. The fraction of sp³-hybridized carbons (Fsp3) is 0.333. The van der Waals surface area contributed by atoms with Crippen molar-refractivity contribution in [2.75, 3.05) is 0 Å². The van der Waals surface area contributed by atoms with Crippen molar-refractivity contribution in [1.82, 2.24) is 20.1 Å². The van der Waals surface area contributed by atoms with E-state index in [9.17, 15) is 13.2 Å². The molecule has 4 rings (SSSR count). The molecule has 24 heavy (non-hydrogen) atoms. The Morgan fingerprint density at radius 1 is 1.12 bits per heavy atom. The van der Waals surface area contributed by atoms with Gasteiger partial charge in [-0.2, -0.15) is 18.2 Å². The lowest BCUT2D eigenvalue weighted by Crippen LogP contribution is -2.11. The third-order valence-corrected chi connectivity index (χ3v) is 4.56. The second-order valence-electron chi connectivity index (χ2n) is 5.48. The summed E-state index contributed by atoms with van der Waals surface area (Å²) in [4.78, 5) is 11.6. The van der Waals surface area contributed by atoms with Crippen LogP contribution in [-0.4, -0.2) is 20.1 Å². The minimum atomic E-state index is -4.59. The molecule has 0 atom stereocenters. The highest BCUT2D eigenvalue weighted by Gasteiger charge is 2.35. The number of fused-ring (bicyclic) bond motifs is 1. The van der Waals surface area contributed by atoms with Gasteiger partial charge in [0.2, 0.25) is 11.7 Å². The molecule has 0 aliphatic heterocycles. The Morgan fingerprint density at radius 3 is 2.67 bits per heavy atom. The van der Waals surface area contributed by atoms with E-state index in [1.807, 2.05) is 0 Å². The number of para-hydroxylation sites is 1. The van der Waals surface area contributed by atoms with Gasteiger partial charge in [-0.3, -0.25) is 0 Å². The molecule has 3 aromatic rings. The minimum absolute atomic E-state index is 0.255. The molecule has 5 nitrogen and oxygen atoms in total. The summed E-state index contributed by atoms with van der Waals surface area (Å²) in [6.45, 7) is 0. The summed E-state index contributed by atoms with van der Waals surface area (Å²) in [5.74, 6) is 0.546. The number of thioether (sulfide) groups is 1. The first kappa shape index (κ1) is 15.4. The molecule has 2 heterocycles. The van der Waals surface area contributed by atoms with E-state index in [1.165, 1.54) is 6.07 Å². The van der Waals surface area contributed by atoms with E-state index in [0.29, 0.717) is 23.0 Å². The van der Waals surface area contributed by atoms with Gasteiger partial charge in [-0.25, -0.2) is 9.97 Å². The largest absolute Gasteiger partial charge is 0.451 e. The van der Waals surface area contributed by atoms with Crippen LogP contribution in [0.2, 0.25) is 0 Å². The molecule has 0 N–H and O–H groups in total. The Bertz CT molecular complexity index is 892. The van der Waals surface area contributed by atoms with Crippen LogP contribution in [0.3, 0.4) is 0 Å². The molecule has 1 aliphatic rings. The van der Waals surface area contributed by atoms with E-state index in [-0.39, 0.29) is 16.3 Å². The maximum absolute atomic E-state index is 13.0. The Labute approximate surface area is 138 Å². The van der Waals surface area contributed by atoms with E-state index >= 15 is 0 Å². The average molecular weight is 352 g/mol. The molecule has 0 bridgehead atoms. The van der Waals surface area contributed by atoms with Gasteiger partial charge < -0.3 is 4.52 Å². The third kappa shape index (κ3) is 3.08. The molecule has 0 saturated heterocycles. The fourth-order valence-electron chi connectivity index (χ4n) is 2.24. The van der Waals surface area contributed by atoms with Crippen LogP contribution in [-0.2, 0) is 11.9 Å². The van der Waals surface area contributed by atoms with E-state index in [0.717, 1.165) is 24.6 Å². The Morgan fingerprint density at radius 2 is 1.92 bits per heavy atom. The van der Waals surface area contributed by atoms with Crippen LogP contribution in [0, 0.1) is 0 Å². The van der Waals surface area contributed by atoms with E-state index in [2.05, 4.69) is 20.1 Å². The van der Waals surface area contributed by atoms with Crippen molar-refractivity contribution in [2.24, 2.45) is 0 Å². The molecule has 1 fully saturated rings. The standard InChI is InChI=1S/C15H11F3N4OS/c16-15(17,18)14-19-10-4-2-1-3-9(10)13(21-14)24-7-11-20-12(23-22-11)8-5-6-8/h1-4,8H,5-7H2. The number of hydrogen-bond acceptors (Lipinski definition) is 6. The van der Waals surface area contributed by atoms with Crippen molar-refractivity contribution in [3.8, 4) is 0 Å². The zero-order chi connectivity index (χ0) is 16.7. The number of aromatic nitrogens is 4. The topological polar surface area (TPSA) is 64.7 Å². The van der Waals surface area contributed by atoms with Crippen LogP contribution >= 0.6 is 11.8 Å². The second-order valence-corrected chi connectivity index (χ2v) is 6.44. The number of nitrogens with zero attached hydrogens (tertiary/aromatic N) is 4. The highest BCUT2D eigenvalue weighted by atomic mass is 32.2. The summed E-state index contributed by atoms with van der Waals surface area (Å²) in [7, 11) is 0. The fourth-order valence-corrected chi connectivity index (χ4v) is 3.10. The third-order valence-electron chi connectivity index (χ3n) is 3.57. The molecular formula is C15H11F3N4OS. The van der Waals surface area contributed by atoms with Crippen molar-refractivity contribution >= 4 is 22.7 Å². The SMILES string of the molecule is FC(F)(F)c1nc(SCc2noc(C3CC3)n2)c2ccccc2n1. The van der Waals surface area contributed by atoms with Crippen LogP contribution in [0.5, 0.6) is 0 Å². The van der Waals surface area contributed by atoms with Gasteiger partial charge in [0.15, 0.2) is 5.82 Å². The molecule has 2 aromatic heterocycles. The van der Waals surface area contributed by atoms with Crippen LogP contribution in [0.25, 0.3) is 10.9 Å². The zero-order valence-corrected chi connectivity index (χ0v) is 13.1. The normalized spacial score (nSPS) is 15.1. The highest BCUT2D eigenvalue weighted by Crippen LogP contribution is 2.39. The second kappa shape index (κ2) is 5.73.